The van der Waals surface area contributed by atoms with Gasteiger partial charge in [-0.1, -0.05) is 41.4 Å². The topological polar surface area (TPSA) is 111 Å². The molecule has 0 radical (unpaired) electrons. The van der Waals surface area contributed by atoms with Crippen LogP contribution in [0.5, 0.6) is 11.5 Å². The van der Waals surface area contributed by atoms with Gasteiger partial charge >= 0.3 is 0 Å². The molecule has 0 unspecified atom stereocenters. The lowest BCUT2D eigenvalue weighted by molar-refractivity contribution is -0.384. The minimum Gasteiger partial charge on any atom is -0.490 e. The number of hydrogen-bond acceptors (Lipinski definition) is 7. The molecule has 0 saturated carbocycles. The van der Waals surface area contributed by atoms with Gasteiger partial charge in [0.1, 0.15) is 12.2 Å². The standard InChI is InChI=1S/C26H18BrCl2N3O6S/c1-2-37-21-12-15(11-18(27)23(21)38-13-14-5-3-6-16(9-14)32(35)36)10-17-24(33)30-26(39)31(25(17)34)20-8-4-7-19(28)22(20)29/h3-12H,2,13H2,1H3,(H,30,33,39)/b17-10+. The summed E-state index contributed by atoms with van der Waals surface area (Å²) in [5.74, 6) is -0.691. The Morgan fingerprint density at radius 1 is 1.13 bits per heavy atom. The summed E-state index contributed by atoms with van der Waals surface area (Å²) in [5, 5.41) is 13.8. The second-order valence-electron chi connectivity index (χ2n) is 8.01. The van der Waals surface area contributed by atoms with Crippen LogP contribution in [0.1, 0.15) is 18.1 Å². The number of non-ortho nitro benzene ring substituents is 1. The molecule has 1 aliphatic rings. The first-order valence-corrected chi connectivity index (χ1v) is 13.2. The molecule has 0 spiro atoms. The van der Waals surface area contributed by atoms with E-state index >= 15 is 0 Å². The number of ether oxygens (including phenoxy) is 2. The molecule has 0 bridgehead atoms. The fraction of sp³-hybridized carbons (Fsp3) is 0.115. The van der Waals surface area contributed by atoms with E-state index in [1.807, 2.05) is 0 Å². The predicted octanol–water partition coefficient (Wildman–Crippen LogP) is 6.47. The van der Waals surface area contributed by atoms with E-state index in [9.17, 15) is 19.7 Å². The number of nitro groups is 1. The highest BCUT2D eigenvalue weighted by Gasteiger charge is 2.35. The molecule has 2 amide bonds. The van der Waals surface area contributed by atoms with Gasteiger partial charge in [0, 0.05) is 12.1 Å². The van der Waals surface area contributed by atoms with Gasteiger partial charge in [0.2, 0.25) is 0 Å². The molecule has 3 aromatic carbocycles. The van der Waals surface area contributed by atoms with Crippen molar-refractivity contribution in [2.75, 3.05) is 11.5 Å². The van der Waals surface area contributed by atoms with Crippen LogP contribution in [0.2, 0.25) is 10.0 Å². The van der Waals surface area contributed by atoms with Crippen molar-refractivity contribution in [1.29, 1.82) is 0 Å². The third-order valence-electron chi connectivity index (χ3n) is 5.42. The fourth-order valence-corrected chi connectivity index (χ4v) is 4.93. The Kier molecular flexibility index (Phi) is 8.86. The molecule has 13 heteroatoms. The third kappa shape index (κ3) is 6.22. The first-order chi connectivity index (χ1) is 18.6. The number of rotatable bonds is 8. The summed E-state index contributed by atoms with van der Waals surface area (Å²) < 4.78 is 12.1. The van der Waals surface area contributed by atoms with E-state index in [1.165, 1.54) is 18.2 Å². The zero-order valence-corrected chi connectivity index (χ0v) is 24.0. The van der Waals surface area contributed by atoms with Crippen molar-refractivity contribution in [2.45, 2.75) is 13.5 Å². The number of benzene rings is 3. The van der Waals surface area contributed by atoms with Crippen LogP contribution in [-0.2, 0) is 16.2 Å². The molecule has 9 nitrogen and oxygen atoms in total. The fourth-order valence-electron chi connectivity index (χ4n) is 3.70. The number of halogens is 3. The zero-order chi connectivity index (χ0) is 28.3. The molecule has 1 N–H and O–H groups in total. The Bertz CT molecular complexity index is 1550. The van der Waals surface area contributed by atoms with Crippen LogP contribution in [0, 0.1) is 10.1 Å². The molecule has 4 rings (SSSR count). The minimum atomic E-state index is -0.687. The number of nitro benzene ring substituents is 1. The number of hydrogen-bond donors (Lipinski definition) is 1. The number of anilines is 1. The van der Waals surface area contributed by atoms with Crippen molar-refractivity contribution < 1.29 is 24.0 Å². The van der Waals surface area contributed by atoms with Gasteiger partial charge in [-0.2, -0.15) is 0 Å². The third-order valence-corrected chi connectivity index (χ3v) is 7.10. The summed E-state index contributed by atoms with van der Waals surface area (Å²) in [5.41, 5.74) is 1.03. The van der Waals surface area contributed by atoms with E-state index in [2.05, 4.69) is 21.2 Å². The Balaban J connectivity index is 1.67. The number of nitrogens with zero attached hydrogens (tertiary/aromatic N) is 2. The van der Waals surface area contributed by atoms with Crippen LogP contribution in [0.25, 0.3) is 6.08 Å². The van der Waals surface area contributed by atoms with E-state index in [1.54, 1.807) is 49.4 Å². The lowest BCUT2D eigenvalue weighted by Crippen LogP contribution is -2.54. The maximum absolute atomic E-state index is 13.4. The highest BCUT2D eigenvalue weighted by atomic mass is 79.9. The second-order valence-corrected chi connectivity index (χ2v) is 10.0. The van der Waals surface area contributed by atoms with Crippen LogP contribution >= 0.6 is 51.3 Å². The Morgan fingerprint density at radius 3 is 2.59 bits per heavy atom. The Labute approximate surface area is 246 Å². The maximum Gasteiger partial charge on any atom is 0.270 e. The van der Waals surface area contributed by atoms with E-state index in [-0.39, 0.29) is 38.7 Å². The van der Waals surface area contributed by atoms with Gasteiger partial charge in [-0.25, -0.2) is 0 Å². The zero-order valence-electron chi connectivity index (χ0n) is 20.1. The predicted molar refractivity (Wildman–Crippen MR) is 155 cm³/mol. The summed E-state index contributed by atoms with van der Waals surface area (Å²) in [6.45, 7) is 2.12. The van der Waals surface area contributed by atoms with Gasteiger partial charge in [-0.3, -0.25) is 29.9 Å². The SMILES string of the molecule is CCOc1cc(/C=C2\C(=O)NC(=S)N(c3cccc(Cl)c3Cl)C2=O)cc(Br)c1OCc1cccc([N+](=O)[O-])c1. The largest absolute Gasteiger partial charge is 0.490 e. The van der Waals surface area contributed by atoms with Gasteiger partial charge in [0.25, 0.3) is 17.5 Å². The normalized spacial score (nSPS) is 14.4. The molecule has 0 atom stereocenters. The monoisotopic (exact) mass is 649 g/mol. The molecular weight excluding hydrogens is 633 g/mol. The lowest BCUT2D eigenvalue weighted by Gasteiger charge is -2.29. The molecule has 3 aromatic rings. The number of carbonyl (C=O) groups excluding carboxylic acids is 2. The quantitative estimate of drug-likeness (QED) is 0.0977. The van der Waals surface area contributed by atoms with Crippen molar-refractivity contribution in [3.63, 3.8) is 0 Å². The summed E-state index contributed by atoms with van der Waals surface area (Å²) >= 11 is 21.1. The van der Waals surface area contributed by atoms with Crippen LogP contribution in [0.15, 0.2) is 64.6 Å². The molecule has 0 aliphatic carbocycles. The number of amides is 2. The van der Waals surface area contributed by atoms with Crippen LogP contribution in [0.4, 0.5) is 11.4 Å². The average molecular weight is 651 g/mol. The molecule has 1 fully saturated rings. The van der Waals surface area contributed by atoms with Crippen molar-refractivity contribution in [1.82, 2.24) is 5.32 Å². The van der Waals surface area contributed by atoms with Crippen molar-refractivity contribution in [3.05, 3.63) is 95.9 Å². The Morgan fingerprint density at radius 2 is 1.87 bits per heavy atom. The van der Waals surface area contributed by atoms with Crippen LogP contribution < -0.4 is 19.7 Å². The summed E-state index contributed by atoms with van der Waals surface area (Å²) in [6.07, 6.45) is 1.39. The highest BCUT2D eigenvalue weighted by Crippen LogP contribution is 2.39. The number of nitrogens with one attached hydrogen (secondary N) is 1. The van der Waals surface area contributed by atoms with Gasteiger partial charge < -0.3 is 9.47 Å². The average Bonchev–Trinajstić information content (AvgIpc) is 2.88. The number of thiocarbonyl (C=S) groups is 1. The number of carbonyl (C=O) groups is 2. The molecule has 1 aliphatic heterocycles. The van der Waals surface area contributed by atoms with Gasteiger partial charge in [-0.15, -0.1) is 0 Å². The van der Waals surface area contributed by atoms with E-state index in [4.69, 9.17) is 44.9 Å². The molecule has 1 heterocycles. The summed E-state index contributed by atoms with van der Waals surface area (Å²) in [6, 6.07) is 14.1. The first-order valence-electron chi connectivity index (χ1n) is 11.3. The van der Waals surface area contributed by atoms with Crippen molar-refractivity contribution in [3.8, 4) is 11.5 Å². The smallest absolute Gasteiger partial charge is 0.270 e. The van der Waals surface area contributed by atoms with Crippen molar-refractivity contribution >= 4 is 85.7 Å². The van der Waals surface area contributed by atoms with Gasteiger partial charge in [-0.05, 0) is 76.5 Å². The van der Waals surface area contributed by atoms with E-state index < -0.39 is 16.7 Å². The molecule has 39 heavy (non-hydrogen) atoms. The van der Waals surface area contributed by atoms with Crippen molar-refractivity contribution in [2.24, 2.45) is 0 Å². The van der Waals surface area contributed by atoms with Crippen LogP contribution in [-0.4, -0.2) is 28.5 Å². The molecule has 0 aromatic heterocycles. The minimum absolute atomic E-state index is 0.0362. The van der Waals surface area contributed by atoms with E-state index in [0.29, 0.717) is 33.7 Å². The molecule has 1 saturated heterocycles. The maximum atomic E-state index is 13.4. The molecule has 200 valence electrons. The van der Waals surface area contributed by atoms with Gasteiger partial charge in [0.15, 0.2) is 16.6 Å². The second kappa shape index (κ2) is 12.1. The molecular formula is C26H18BrCl2N3O6S. The van der Waals surface area contributed by atoms with E-state index in [0.717, 1.165) is 4.90 Å². The first kappa shape index (κ1) is 28.5. The Hall–Kier alpha value is -3.51. The highest BCUT2D eigenvalue weighted by molar-refractivity contribution is 9.10. The summed E-state index contributed by atoms with van der Waals surface area (Å²) in [7, 11) is 0. The van der Waals surface area contributed by atoms with Crippen LogP contribution in [0.3, 0.4) is 0 Å². The lowest BCUT2D eigenvalue weighted by atomic mass is 10.1. The van der Waals surface area contributed by atoms with Gasteiger partial charge in [0.05, 0.1) is 31.7 Å². The summed E-state index contributed by atoms with van der Waals surface area (Å²) in [4.78, 5) is 37.9.